The molecule has 20 heavy (non-hydrogen) atoms. The number of ketones is 1. The molecule has 1 aromatic heterocycles. The van der Waals surface area contributed by atoms with Gasteiger partial charge in [0.1, 0.15) is 0 Å². The second-order valence-electron chi connectivity index (χ2n) is 4.05. The molecule has 0 unspecified atom stereocenters. The molecule has 0 fully saturated rings. The lowest BCUT2D eigenvalue weighted by molar-refractivity contribution is 0.103. The molecule has 2 rings (SSSR count). The van der Waals surface area contributed by atoms with E-state index in [1.165, 1.54) is 11.3 Å². The van der Waals surface area contributed by atoms with Gasteiger partial charge in [-0.25, -0.2) is 8.42 Å². The first-order valence-corrected chi connectivity index (χ1v) is 9.13. The van der Waals surface area contributed by atoms with Crippen LogP contribution >= 0.6 is 27.3 Å². The van der Waals surface area contributed by atoms with Gasteiger partial charge in [0.2, 0.25) is 10.0 Å². The summed E-state index contributed by atoms with van der Waals surface area (Å²) in [6.07, 6.45) is 0. The minimum atomic E-state index is -3.29. The van der Waals surface area contributed by atoms with Crippen molar-refractivity contribution in [1.29, 1.82) is 0 Å². The third-order valence-electron chi connectivity index (χ3n) is 2.63. The van der Waals surface area contributed by atoms with Crippen molar-refractivity contribution in [3.8, 4) is 0 Å². The fourth-order valence-electron chi connectivity index (χ4n) is 1.54. The van der Waals surface area contributed by atoms with E-state index in [0.29, 0.717) is 16.8 Å². The Kier molecular flexibility index (Phi) is 4.62. The van der Waals surface area contributed by atoms with Gasteiger partial charge in [-0.15, -0.1) is 11.3 Å². The quantitative estimate of drug-likeness (QED) is 0.815. The largest absolute Gasteiger partial charge is 0.289 e. The summed E-state index contributed by atoms with van der Waals surface area (Å²) in [5.74, 6) is -0.0757. The van der Waals surface area contributed by atoms with Crippen LogP contribution in [0.25, 0.3) is 0 Å². The van der Waals surface area contributed by atoms with Gasteiger partial charge in [0, 0.05) is 22.2 Å². The van der Waals surface area contributed by atoms with Gasteiger partial charge in [-0.2, -0.15) is 0 Å². The standard InChI is InChI=1S/C13H12BrNO3S2/c1-2-20(17,18)15-11-5-3-9(4-6-11)13(16)10-7-12(14)19-8-10/h3-8,15H,2H2,1H3. The van der Waals surface area contributed by atoms with E-state index in [-0.39, 0.29) is 11.5 Å². The molecule has 0 aliphatic carbocycles. The highest BCUT2D eigenvalue weighted by molar-refractivity contribution is 9.11. The number of thiophene rings is 1. The maximum atomic E-state index is 12.2. The molecule has 1 N–H and O–H groups in total. The number of rotatable bonds is 5. The number of carbonyl (C=O) groups is 1. The molecule has 0 radical (unpaired) electrons. The molecule has 0 bridgehead atoms. The van der Waals surface area contributed by atoms with E-state index in [9.17, 15) is 13.2 Å². The maximum Gasteiger partial charge on any atom is 0.232 e. The van der Waals surface area contributed by atoms with Crippen LogP contribution in [-0.4, -0.2) is 20.0 Å². The first kappa shape index (κ1) is 15.2. The molecule has 0 atom stereocenters. The molecule has 0 saturated carbocycles. The lowest BCUT2D eigenvalue weighted by Crippen LogP contribution is -2.14. The number of hydrogen-bond acceptors (Lipinski definition) is 4. The fourth-order valence-corrected chi connectivity index (χ4v) is 3.31. The van der Waals surface area contributed by atoms with Crippen LogP contribution < -0.4 is 4.72 Å². The second-order valence-corrected chi connectivity index (χ2v) is 8.35. The Morgan fingerprint density at radius 1 is 1.25 bits per heavy atom. The zero-order valence-electron chi connectivity index (χ0n) is 10.6. The number of benzene rings is 1. The van der Waals surface area contributed by atoms with Gasteiger partial charge in [0.05, 0.1) is 9.54 Å². The number of halogens is 1. The molecule has 0 amide bonds. The lowest BCUT2D eigenvalue weighted by atomic mass is 10.1. The van der Waals surface area contributed by atoms with E-state index in [2.05, 4.69) is 20.7 Å². The van der Waals surface area contributed by atoms with Crippen molar-refractivity contribution in [2.75, 3.05) is 10.5 Å². The molecule has 1 heterocycles. The molecule has 0 aliphatic rings. The normalized spacial score (nSPS) is 11.3. The Morgan fingerprint density at radius 2 is 1.90 bits per heavy atom. The fraction of sp³-hybridized carbons (Fsp3) is 0.154. The van der Waals surface area contributed by atoms with Crippen LogP contribution in [0.15, 0.2) is 39.5 Å². The Balaban J connectivity index is 2.18. The Labute approximate surface area is 130 Å². The molecule has 1 aromatic carbocycles. The zero-order valence-corrected chi connectivity index (χ0v) is 13.8. The van der Waals surface area contributed by atoms with Crippen molar-refractivity contribution in [2.45, 2.75) is 6.92 Å². The summed E-state index contributed by atoms with van der Waals surface area (Å²) in [5.41, 5.74) is 1.59. The minimum absolute atomic E-state index is 0.0105. The predicted octanol–water partition coefficient (Wildman–Crippen LogP) is 3.50. The monoisotopic (exact) mass is 373 g/mol. The van der Waals surface area contributed by atoms with Crippen molar-refractivity contribution >= 4 is 48.8 Å². The van der Waals surface area contributed by atoms with Crippen LogP contribution in [0.1, 0.15) is 22.8 Å². The molecule has 2 aromatic rings. The summed E-state index contributed by atoms with van der Waals surface area (Å²) in [6.45, 7) is 1.56. The van der Waals surface area contributed by atoms with Crippen LogP contribution in [0, 0.1) is 0 Å². The molecular weight excluding hydrogens is 362 g/mol. The highest BCUT2D eigenvalue weighted by atomic mass is 79.9. The smallest absolute Gasteiger partial charge is 0.232 e. The number of nitrogens with one attached hydrogen (secondary N) is 1. The summed E-state index contributed by atoms with van der Waals surface area (Å²) >= 11 is 4.76. The number of carbonyl (C=O) groups excluding carboxylic acids is 1. The first-order valence-electron chi connectivity index (χ1n) is 5.80. The van der Waals surface area contributed by atoms with E-state index < -0.39 is 10.0 Å². The zero-order chi connectivity index (χ0) is 14.8. The minimum Gasteiger partial charge on any atom is -0.289 e. The summed E-state index contributed by atoms with van der Waals surface area (Å²) in [5, 5.41) is 1.78. The highest BCUT2D eigenvalue weighted by Crippen LogP contribution is 2.23. The maximum absolute atomic E-state index is 12.2. The summed E-state index contributed by atoms with van der Waals surface area (Å²) < 4.78 is 26.2. The number of anilines is 1. The van der Waals surface area contributed by atoms with E-state index in [1.807, 2.05) is 0 Å². The van der Waals surface area contributed by atoms with Crippen LogP contribution in [-0.2, 0) is 10.0 Å². The SMILES string of the molecule is CCS(=O)(=O)Nc1ccc(C(=O)c2csc(Br)c2)cc1. The first-order chi connectivity index (χ1) is 9.41. The molecule has 4 nitrogen and oxygen atoms in total. The van der Waals surface area contributed by atoms with Gasteiger partial charge < -0.3 is 0 Å². The molecular formula is C13H12BrNO3S2. The van der Waals surface area contributed by atoms with Gasteiger partial charge in [0.15, 0.2) is 5.78 Å². The van der Waals surface area contributed by atoms with E-state index >= 15 is 0 Å². The van der Waals surface area contributed by atoms with Gasteiger partial charge in [-0.3, -0.25) is 9.52 Å². The number of hydrogen-bond donors (Lipinski definition) is 1. The third-order valence-corrected chi connectivity index (χ3v) is 5.44. The summed E-state index contributed by atoms with van der Waals surface area (Å²) in [4.78, 5) is 12.2. The van der Waals surface area contributed by atoms with E-state index in [1.54, 1.807) is 42.6 Å². The highest BCUT2D eigenvalue weighted by Gasteiger charge is 2.12. The Morgan fingerprint density at radius 3 is 2.40 bits per heavy atom. The second kappa shape index (κ2) is 6.07. The van der Waals surface area contributed by atoms with Crippen molar-refractivity contribution < 1.29 is 13.2 Å². The van der Waals surface area contributed by atoms with Crippen molar-refractivity contribution in [2.24, 2.45) is 0 Å². The van der Waals surface area contributed by atoms with Crippen molar-refractivity contribution in [1.82, 2.24) is 0 Å². The molecule has 0 saturated heterocycles. The predicted molar refractivity (Wildman–Crippen MR) is 85.0 cm³/mol. The van der Waals surface area contributed by atoms with Gasteiger partial charge >= 0.3 is 0 Å². The topological polar surface area (TPSA) is 63.2 Å². The molecule has 0 aliphatic heterocycles. The van der Waals surface area contributed by atoms with Crippen molar-refractivity contribution in [3.63, 3.8) is 0 Å². The lowest BCUT2D eigenvalue weighted by Gasteiger charge is -2.06. The summed E-state index contributed by atoms with van der Waals surface area (Å²) in [7, 11) is -3.29. The van der Waals surface area contributed by atoms with E-state index in [0.717, 1.165) is 3.79 Å². The average molecular weight is 374 g/mol. The number of sulfonamides is 1. The van der Waals surface area contributed by atoms with Gasteiger partial charge in [-0.05, 0) is 53.2 Å². The van der Waals surface area contributed by atoms with Gasteiger partial charge in [0.25, 0.3) is 0 Å². The Hall–Kier alpha value is -1.18. The molecule has 0 spiro atoms. The average Bonchev–Trinajstić information content (AvgIpc) is 2.85. The van der Waals surface area contributed by atoms with Crippen LogP contribution in [0.5, 0.6) is 0 Å². The summed E-state index contributed by atoms with van der Waals surface area (Å²) in [6, 6.07) is 8.16. The van der Waals surface area contributed by atoms with Crippen molar-refractivity contribution in [3.05, 3.63) is 50.6 Å². The van der Waals surface area contributed by atoms with E-state index in [4.69, 9.17) is 0 Å². The molecule has 7 heteroatoms. The molecule has 106 valence electrons. The van der Waals surface area contributed by atoms with Crippen LogP contribution in [0.4, 0.5) is 5.69 Å². The van der Waals surface area contributed by atoms with Crippen LogP contribution in [0.2, 0.25) is 0 Å². The van der Waals surface area contributed by atoms with Gasteiger partial charge in [-0.1, -0.05) is 0 Å². The Bertz CT molecular complexity index is 720. The van der Waals surface area contributed by atoms with Crippen LogP contribution in [0.3, 0.4) is 0 Å². The third kappa shape index (κ3) is 3.68.